The molecule has 0 N–H and O–H groups in total. The number of carbonyl (C=O) groups excluding carboxylic acids is 2. The lowest BCUT2D eigenvalue weighted by Crippen LogP contribution is -2.46. The van der Waals surface area contributed by atoms with Crippen LogP contribution in [0.25, 0.3) is 0 Å². The minimum Gasteiger partial charge on any atom is -0.342 e. The molecule has 3 rings (SSSR count). The second-order valence-electron chi connectivity index (χ2n) is 7.92. The Kier molecular flexibility index (Phi) is 5.68. The maximum Gasteiger partial charge on any atom is 0.229 e. The number of carbonyl (C=O) groups is 2. The Morgan fingerprint density at radius 3 is 2.15 bits per heavy atom. The second kappa shape index (κ2) is 7.80. The van der Waals surface area contributed by atoms with Gasteiger partial charge in [0.1, 0.15) is 0 Å². The van der Waals surface area contributed by atoms with Gasteiger partial charge in [-0.05, 0) is 52.9 Å². The lowest BCUT2D eigenvalue weighted by atomic mass is 9.92. The van der Waals surface area contributed by atoms with Gasteiger partial charge in [-0.15, -0.1) is 0 Å². The van der Waals surface area contributed by atoms with Gasteiger partial charge in [-0.1, -0.05) is 0 Å². The molecule has 6 heteroatoms. The van der Waals surface area contributed by atoms with Crippen LogP contribution in [-0.4, -0.2) is 57.6 Å². The molecule has 6 nitrogen and oxygen atoms in total. The molecule has 2 aliphatic rings. The van der Waals surface area contributed by atoms with E-state index in [-0.39, 0.29) is 17.7 Å². The zero-order chi connectivity index (χ0) is 18.8. The fraction of sp³-hybridized carbons (Fsp3) is 0.750. The first-order valence-electron chi connectivity index (χ1n) is 9.97. The summed E-state index contributed by atoms with van der Waals surface area (Å²) in [6.07, 6.45) is 5.08. The topological polar surface area (TPSA) is 58.4 Å². The molecule has 1 atom stereocenters. The maximum absolute atomic E-state index is 13.0. The van der Waals surface area contributed by atoms with Crippen molar-refractivity contribution in [3.63, 3.8) is 0 Å². The average molecular weight is 361 g/mol. The molecule has 26 heavy (non-hydrogen) atoms. The largest absolute Gasteiger partial charge is 0.342 e. The predicted molar refractivity (Wildman–Crippen MR) is 101 cm³/mol. The maximum atomic E-state index is 13.0. The van der Waals surface area contributed by atoms with E-state index < -0.39 is 0 Å². The zero-order valence-corrected chi connectivity index (χ0v) is 16.6. The lowest BCUT2D eigenvalue weighted by molar-refractivity contribution is -0.141. The quantitative estimate of drug-likeness (QED) is 0.832. The van der Waals surface area contributed by atoms with Crippen LogP contribution >= 0.6 is 0 Å². The van der Waals surface area contributed by atoms with Gasteiger partial charge in [0, 0.05) is 50.4 Å². The third-order valence-corrected chi connectivity index (χ3v) is 6.19. The number of hydrogen-bond donors (Lipinski definition) is 0. The number of aryl methyl sites for hydroxylation is 2. The van der Waals surface area contributed by atoms with Crippen molar-refractivity contribution < 1.29 is 9.59 Å². The predicted octanol–water partition coefficient (Wildman–Crippen LogP) is 2.39. The number of amides is 2. The minimum atomic E-state index is -0.182. The van der Waals surface area contributed by atoms with Crippen molar-refractivity contribution in [3.05, 3.63) is 17.0 Å². The Bertz CT molecular complexity index is 668. The van der Waals surface area contributed by atoms with Crippen LogP contribution in [0.1, 0.15) is 61.9 Å². The van der Waals surface area contributed by atoms with E-state index in [9.17, 15) is 9.59 Å². The second-order valence-corrected chi connectivity index (χ2v) is 7.92. The Hall–Kier alpha value is -1.85. The van der Waals surface area contributed by atoms with Gasteiger partial charge in [0.05, 0.1) is 11.6 Å². The van der Waals surface area contributed by atoms with Crippen LogP contribution < -0.4 is 0 Å². The van der Waals surface area contributed by atoms with E-state index in [1.54, 1.807) is 0 Å². The van der Waals surface area contributed by atoms with Gasteiger partial charge in [-0.3, -0.25) is 14.3 Å². The highest BCUT2D eigenvalue weighted by Gasteiger charge is 2.33. The van der Waals surface area contributed by atoms with Crippen LogP contribution in [0.4, 0.5) is 0 Å². The summed E-state index contributed by atoms with van der Waals surface area (Å²) in [5, 5.41) is 4.44. The van der Waals surface area contributed by atoms with Gasteiger partial charge < -0.3 is 9.80 Å². The Morgan fingerprint density at radius 2 is 1.62 bits per heavy atom. The summed E-state index contributed by atoms with van der Waals surface area (Å²) in [6.45, 7) is 9.16. The van der Waals surface area contributed by atoms with Crippen molar-refractivity contribution in [1.29, 1.82) is 0 Å². The molecular weight excluding hydrogens is 328 g/mol. The van der Waals surface area contributed by atoms with E-state index in [1.165, 1.54) is 6.42 Å². The molecule has 144 valence electrons. The Labute approximate surface area is 156 Å². The molecule has 2 amide bonds. The van der Waals surface area contributed by atoms with Crippen molar-refractivity contribution in [3.8, 4) is 0 Å². The molecule has 0 spiro atoms. The molecule has 0 aliphatic carbocycles. The highest BCUT2D eigenvalue weighted by atomic mass is 16.2. The summed E-state index contributed by atoms with van der Waals surface area (Å²) in [5.74, 6) is 0.379. The number of hydrogen-bond acceptors (Lipinski definition) is 3. The number of aromatic nitrogens is 2. The molecule has 0 aromatic carbocycles. The molecule has 1 aromatic heterocycles. The fourth-order valence-electron chi connectivity index (χ4n) is 4.53. The average Bonchev–Trinajstić information content (AvgIpc) is 2.92. The zero-order valence-electron chi connectivity index (χ0n) is 16.6. The van der Waals surface area contributed by atoms with Gasteiger partial charge in [0.25, 0.3) is 0 Å². The molecular formula is C20H32N4O2. The number of piperidine rings is 2. The van der Waals surface area contributed by atoms with Crippen molar-refractivity contribution >= 4 is 11.8 Å². The third kappa shape index (κ3) is 3.64. The first kappa shape index (κ1) is 18.9. The van der Waals surface area contributed by atoms with E-state index in [2.05, 4.69) is 5.10 Å². The summed E-state index contributed by atoms with van der Waals surface area (Å²) < 4.78 is 1.85. The molecule has 2 aliphatic heterocycles. The monoisotopic (exact) mass is 360 g/mol. The summed E-state index contributed by atoms with van der Waals surface area (Å²) in [7, 11) is 1.92. The van der Waals surface area contributed by atoms with E-state index in [0.29, 0.717) is 19.0 Å². The van der Waals surface area contributed by atoms with Crippen molar-refractivity contribution in [2.45, 2.75) is 58.8 Å². The number of rotatable bonds is 3. The molecule has 0 radical (unpaired) electrons. The number of nitrogens with zero attached hydrogens (tertiary/aromatic N) is 4. The van der Waals surface area contributed by atoms with E-state index in [1.807, 2.05) is 42.3 Å². The van der Waals surface area contributed by atoms with Crippen molar-refractivity contribution in [2.24, 2.45) is 13.0 Å². The molecule has 2 fully saturated rings. The number of likely N-dealkylation sites (tertiary alicyclic amines) is 2. The molecule has 3 heterocycles. The fourth-order valence-corrected chi connectivity index (χ4v) is 4.53. The van der Waals surface area contributed by atoms with E-state index in [4.69, 9.17) is 0 Å². The van der Waals surface area contributed by atoms with Crippen molar-refractivity contribution in [2.75, 3.05) is 26.2 Å². The van der Waals surface area contributed by atoms with Crippen LogP contribution in [0, 0.1) is 19.8 Å². The summed E-state index contributed by atoms with van der Waals surface area (Å²) in [6, 6.07) is 0. The smallest absolute Gasteiger partial charge is 0.229 e. The van der Waals surface area contributed by atoms with Gasteiger partial charge in [0.2, 0.25) is 11.8 Å². The summed E-state index contributed by atoms with van der Waals surface area (Å²) in [5.41, 5.74) is 3.03. The van der Waals surface area contributed by atoms with Crippen molar-refractivity contribution in [1.82, 2.24) is 19.6 Å². The van der Waals surface area contributed by atoms with Gasteiger partial charge >= 0.3 is 0 Å². The first-order chi connectivity index (χ1) is 12.4. The van der Waals surface area contributed by atoms with E-state index >= 15 is 0 Å². The molecule has 0 saturated carbocycles. The van der Waals surface area contributed by atoms with Crippen LogP contribution in [0.2, 0.25) is 0 Å². The van der Waals surface area contributed by atoms with Crippen LogP contribution in [0.5, 0.6) is 0 Å². The standard InChI is InChI=1S/C20H32N4O2/c1-14(18-15(2)21-22(4)16(18)3)19(25)24-12-8-17(9-13-24)20(26)23-10-6-5-7-11-23/h14,17H,5-13H2,1-4H3. The third-order valence-electron chi connectivity index (χ3n) is 6.19. The SMILES string of the molecule is Cc1nn(C)c(C)c1C(C)C(=O)N1CCC(C(=O)N2CCCCC2)CC1. The van der Waals surface area contributed by atoms with Crippen LogP contribution in [0.15, 0.2) is 0 Å². The van der Waals surface area contributed by atoms with Crippen LogP contribution in [0.3, 0.4) is 0 Å². The highest BCUT2D eigenvalue weighted by Crippen LogP contribution is 2.28. The van der Waals surface area contributed by atoms with Gasteiger partial charge in [-0.2, -0.15) is 5.10 Å². The molecule has 1 unspecified atom stereocenters. The first-order valence-corrected chi connectivity index (χ1v) is 9.97. The highest BCUT2D eigenvalue weighted by molar-refractivity contribution is 5.84. The summed E-state index contributed by atoms with van der Waals surface area (Å²) >= 11 is 0. The Balaban J connectivity index is 1.58. The van der Waals surface area contributed by atoms with E-state index in [0.717, 1.165) is 55.7 Å². The van der Waals surface area contributed by atoms with Gasteiger partial charge in [0.15, 0.2) is 0 Å². The minimum absolute atomic E-state index is 0.0920. The molecule has 0 bridgehead atoms. The Morgan fingerprint density at radius 1 is 1.00 bits per heavy atom. The normalized spacial score (nSPS) is 20.3. The van der Waals surface area contributed by atoms with Gasteiger partial charge in [-0.25, -0.2) is 0 Å². The summed E-state index contributed by atoms with van der Waals surface area (Å²) in [4.78, 5) is 29.7. The molecule has 2 saturated heterocycles. The molecule has 1 aromatic rings. The van der Waals surface area contributed by atoms with Crippen LogP contribution in [-0.2, 0) is 16.6 Å². The lowest BCUT2D eigenvalue weighted by Gasteiger charge is -2.36.